The fourth-order valence-electron chi connectivity index (χ4n) is 2.31. The first kappa shape index (κ1) is 17.0. The Morgan fingerprint density at radius 2 is 1.87 bits per heavy atom. The Bertz CT molecular complexity index is 641. The molecule has 2 aromatic rings. The second kappa shape index (κ2) is 8.29. The molecular formula is C18H22N2O3. The number of non-ortho nitro benzene ring substituents is 1. The van der Waals surface area contributed by atoms with Crippen molar-refractivity contribution in [3.05, 3.63) is 69.8 Å². The zero-order valence-electron chi connectivity index (χ0n) is 13.5. The maximum absolute atomic E-state index is 10.6. The van der Waals surface area contributed by atoms with Crippen molar-refractivity contribution in [2.45, 2.75) is 19.8 Å². The Morgan fingerprint density at radius 3 is 2.52 bits per heavy atom. The number of para-hydroxylation sites is 1. The molecule has 122 valence electrons. The average molecular weight is 314 g/mol. The molecule has 0 saturated carbocycles. The summed E-state index contributed by atoms with van der Waals surface area (Å²) in [5.74, 6) is 1.20. The minimum atomic E-state index is -0.379. The van der Waals surface area contributed by atoms with Gasteiger partial charge in [0.1, 0.15) is 12.4 Å². The number of nitrogens with one attached hydrogen (secondary N) is 1. The molecule has 2 aromatic carbocycles. The number of hydrogen-bond acceptors (Lipinski definition) is 4. The molecule has 0 saturated heterocycles. The molecule has 1 N–H and O–H groups in total. The van der Waals surface area contributed by atoms with Gasteiger partial charge in [0.25, 0.3) is 5.69 Å². The Labute approximate surface area is 136 Å². The highest BCUT2D eigenvalue weighted by atomic mass is 16.6. The summed E-state index contributed by atoms with van der Waals surface area (Å²) in [7, 11) is 0. The first-order valence-corrected chi connectivity index (χ1v) is 7.71. The summed E-state index contributed by atoms with van der Waals surface area (Å²) >= 11 is 0. The van der Waals surface area contributed by atoms with Crippen molar-refractivity contribution in [1.29, 1.82) is 0 Å². The zero-order chi connectivity index (χ0) is 16.7. The molecule has 0 aromatic heterocycles. The van der Waals surface area contributed by atoms with Crippen LogP contribution in [0.5, 0.6) is 5.75 Å². The van der Waals surface area contributed by atoms with Gasteiger partial charge in [-0.2, -0.15) is 0 Å². The normalized spacial score (nSPS) is 11.9. The number of nitrogens with zero attached hydrogens (tertiary/aromatic N) is 1. The minimum absolute atomic E-state index is 0.126. The van der Waals surface area contributed by atoms with Crippen LogP contribution in [0.4, 0.5) is 5.69 Å². The molecule has 5 heteroatoms. The van der Waals surface area contributed by atoms with Crippen LogP contribution in [0.25, 0.3) is 0 Å². The Hall–Kier alpha value is -2.40. The highest BCUT2D eigenvalue weighted by molar-refractivity contribution is 5.34. The van der Waals surface area contributed by atoms with E-state index in [0.29, 0.717) is 6.61 Å². The highest BCUT2D eigenvalue weighted by Gasteiger charge is 2.08. The predicted molar refractivity (Wildman–Crippen MR) is 91.1 cm³/mol. The maximum Gasteiger partial charge on any atom is 0.269 e. The Morgan fingerprint density at radius 1 is 1.17 bits per heavy atom. The number of benzene rings is 2. The summed E-state index contributed by atoms with van der Waals surface area (Å²) in [6.07, 6.45) is 0. The first-order chi connectivity index (χ1) is 11.1. The van der Waals surface area contributed by atoms with Gasteiger partial charge < -0.3 is 10.1 Å². The monoisotopic (exact) mass is 314 g/mol. The van der Waals surface area contributed by atoms with Crippen LogP contribution >= 0.6 is 0 Å². The number of aryl methyl sites for hydroxylation is 1. The third-order valence-electron chi connectivity index (χ3n) is 3.75. The largest absolute Gasteiger partial charge is 0.492 e. The van der Waals surface area contributed by atoms with E-state index in [1.165, 1.54) is 0 Å². The number of nitro groups is 1. The van der Waals surface area contributed by atoms with Gasteiger partial charge in [0.2, 0.25) is 0 Å². The molecular weight excluding hydrogens is 292 g/mol. The lowest BCUT2D eigenvalue weighted by molar-refractivity contribution is -0.384. The van der Waals surface area contributed by atoms with Crippen molar-refractivity contribution < 1.29 is 9.66 Å². The van der Waals surface area contributed by atoms with E-state index in [0.717, 1.165) is 30.0 Å². The van der Waals surface area contributed by atoms with E-state index in [9.17, 15) is 10.1 Å². The number of ether oxygens (including phenoxy) is 1. The molecule has 23 heavy (non-hydrogen) atoms. The molecule has 0 bridgehead atoms. The van der Waals surface area contributed by atoms with Gasteiger partial charge in [-0.05, 0) is 30.0 Å². The zero-order valence-corrected chi connectivity index (χ0v) is 13.5. The summed E-state index contributed by atoms with van der Waals surface area (Å²) in [6, 6.07) is 14.7. The Kier molecular flexibility index (Phi) is 6.11. The average Bonchev–Trinajstić information content (AvgIpc) is 2.56. The molecule has 1 atom stereocenters. The van der Waals surface area contributed by atoms with Crippen molar-refractivity contribution in [2.24, 2.45) is 0 Å². The van der Waals surface area contributed by atoms with E-state index in [1.54, 1.807) is 12.1 Å². The summed E-state index contributed by atoms with van der Waals surface area (Å²) in [6.45, 7) is 6.29. The summed E-state index contributed by atoms with van der Waals surface area (Å²) in [4.78, 5) is 10.3. The van der Waals surface area contributed by atoms with E-state index in [4.69, 9.17) is 4.74 Å². The summed E-state index contributed by atoms with van der Waals surface area (Å²) < 4.78 is 5.73. The molecule has 5 nitrogen and oxygen atoms in total. The van der Waals surface area contributed by atoms with Gasteiger partial charge >= 0.3 is 0 Å². The van der Waals surface area contributed by atoms with Crippen LogP contribution < -0.4 is 10.1 Å². The van der Waals surface area contributed by atoms with Crippen molar-refractivity contribution >= 4 is 5.69 Å². The topological polar surface area (TPSA) is 64.4 Å². The number of hydrogen-bond donors (Lipinski definition) is 1. The van der Waals surface area contributed by atoms with Crippen LogP contribution in [-0.4, -0.2) is 24.6 Å². The van der Waals surface area contributed by atoms with Crippen LogP contribution in [-0.2, 0) is 0 Å². The van der Waals surface area contributed by atoms with Crippen molar-refractivity contribution in [2.75, 3.05) is 19.7 Å². The maximum atomic E-state index is 10.6. The van der Waals surface area contributed by atoms with Crippen molar-refractivity contribution in [3.8, 4) is 5.75 Å². The fourth-order valence-corrected chi connectivity index (χ4v) is 2.31. The minimum Gasteiger partial charge on any atom is -0.492 e. The van der Waals surface area contributed by atoms with Crippen LogP contribution in [0, 0.1) is 17.0 Å². The van der Waals surface area contributed by atoms with Crippen LogP contribution in [0.15, 0.2) is 48.5 Å². The standard InChI is InChI=1S/C18H22N2O3/c1-14-5-3-4-6-18(14)23-12-11-19-13-15(2)16-7-9-17(10-8-16)20(21)22/h3-10,15,19H,11-13H2,1-2H3. The lowest BCUT2D eigenvalue weighted by atomic mass is 10.0. The molecule has 0 heterocycles. The summed E-state index contributed by atoms with van der Waals surface area (Å²) in [5, 5.41) is 14.0. The quantitative estimate of drug-likeness (QED) is 0.458. The van der Waals surface area contributed by atoms with Gasteiger partial charge in [0, 0.05) is 25.2 Å². The molecule has 0 radical (unpaired) electrons. The molecule has 0 aliphatic heterocycles. The molecule has 1 unspecified atom stereocenters. The smallest absolute Gasteiger partial charge is 0.269 e. The van der Waals surface area contributed by atoms with Crippen LogP contribution in [0.1, 0.15) is 24.0 Å². The molecule has 0 spiro atoms. The highest BCUT2D eigenvalue weighted by Crippen LogP contribution is 2.19. The molecule has 0 aliphatic carbocycles. The van der Waals surface area contributed by atoms with E-state index in [2.05, 4.69) is 12.2 Å². The lowest BCUT2D eigenvalue weighted by Crippen LogP contribution is -2.25. The molecule has 0 aliphatic rings. The SMILES string of the molecule is Cc1ccccc1OCCNCC(C)c1ccc([N+](=O)[O-])cc1. The number of rotatable bonds is 8. The molecule has 0 fully saturated rings. The third kappa shape index (κ3) is 5.07. The second-order valence-corrected chi connectivity index (χ2v) is 5.57. The van der Waals surface area contributed by atoms with Gasteiger partial charge in [0.05, 0.1) is 4.92 Å². The second-order valence-electron chi connectivity index (χ2n) is 5.57. The van der Waals surface area contributed by atoms with Crippen LogP contribution in [0.3, 0.4) is 0 Å². The van der Waals surface area contributed by atoms with Gasteiger partial charge in [0.15, 0.2) is 0 Å². The van der Waals surface area contributed by atoms with Gasteiger partial charge in [-0.25, -0.2) is 0 Å². The first-order valence-electron chi connectivity index (χ1n) is 7.71. The van der Waals surface area contributed by atoms with E-state index in [-0.39, 0.29) is 16.5 Å². The van der Waals surface area contributed by atoms with E-state index < -0.39 is 0 Å². The van der Waals surface area contributed by atoms with Gasteiger partial charge in [-0.3, -0.25) is 10.1 Å². The Balaban J connectivity index is 1.71. The molecule has 2 rings (SSSR count). The van der Waals surface area contributed by atoms with Crippen LogP contribution in [0.2, 0.25) is 0 Å². The van der Waals surface area contributed by atoms with Crippen molar-refractivity contribution in [1.82, 2.24) is 5.32 Å². The lowest BCUT2D eigenvalue weighted by Gasteiger charge is -2.14. The predicted octanol–water partition coefficient (Wildman–Crippen LogP) is 3.68. The molecule has 0 amide bonds. The van der Waals surface area contributed by atoms with Crippen molar-refractivity contribution in [3.63, 3.8) is 0 Å². The third-order valence-corrected chi connectivity index (χ3v) is 3.75. The number of nitro benzene ring substituents is 1. The fraction of sp³-hybridized carbons (Fsp3) is 0.333. The van der Waals surface area contributed by atoms with Gasteiger partial charge in [-0.15, -0.1) is 0 Å². The van der Waals surface area contributed by atoms with E-state index in [1.807, 2.05) is 43.3 Å². The van der Waals surface area contributed by atoms with Gasteiger partial charge in [-0.1, -0.05) is 37.3 Å². The van der Waals surface area contributed by atoms with E-state index >= 15 is 0 Å². The summed E-state index contributed by atoms with van der Waals surface area (Å²) in [5.41, 5.74) is 2.34.